The smallest absolute Gasteiger partial charge is 0.283 e. The van der Waals surface area contributed by atoms with Crippen LogP contribution in [-0.4, -0.2) is 31.5 Å². The molecule has 5 rings (SSSR count). The molecule has 8 heteroatoms. The molecule has 0 saturated heterocycles. The lowest BCUT2D eigenvalue weighted by molar-refractivity contribution is -0.114. The highest BCUT2D eigenvalue weighted by Gasteiger charge is 2.35. The van der Waals surface area contributed by atoms with Gasteiger partial charge in [-0.2, -0.15) is 15.1 Å². The zero-order valence-electron chi connectivity index (χ0n) is 19.0. The number of carbonyl (C=O) groups is 1. The van der Waals surface area contributed by atoms with Crippen molar-refractivity contribution in [3.05, 3.63) is 93.3 Å². The summed E-state index contributed by atoms with van der Waals surface area (Å²) in [5.74, 6) is -0.391. The molecule has 0 fully saturated rings. The van der Waals surface area contributed by atoms with Gasteiger partial charge < -0.3 is 4.57 Å². The van der Waals surface area contributed by atoms with Crippen LogP contribution in [0, 0.1) is 26.2 Å². The maximum atomic E-state index is 12.9. The van der Waals surface area contributed by atoms with E-state index in [-0.39, 0.29) is 11.4 Å². The van der Waals surface area contributed by atoms with Crippen LogP contribution in [0.5, 0.6) is 0 Å². The van der Waals surface area contributed by atoms with E-state index in [1.807, 2.05) is 75.4 Å². The third-order valence-corrected chi connectivity index (χ3v) is 7.26. The summed E-state index contributed by atoms with van der Waals surface area (Å²) in [6.07, 6.45) is 2.36. The molecule has 2 aromatic carbocycles. The van der Waals surface area contributed by atoms with Crippen molar-refractivity contribution >= 4 is 51.4 Å². The van der Waals surface area contributed by atoms with E-state index in [1.165, 1.54) is 16.8 Å². The number of amidine groups is 2. The van der Waals surface area contributed by atoms with E-state index >= 15 is 0 Å². The van der Waals surface area contributed by atoms with Crippen molar-refractivity contribution in [1.29, 1.82) is 5.41 Å². The van der Waals surface area contributed by atoms with Crippen LogP contribution >= 0.6 is 23.4 Å². The van der Waals surface area contributed by atoms with Gasteiger partial charge in [0.25, 0.3) is 5.91 Å². The number of carbonyl (C=O) groups excluding carboxylic acids is 1. The number of hydrogen-bond donors (Lipinski definition) is 1. The molecule has 0 spiro atoms. The van der Waals surface area contributed by atoms with Crippen LogP contribution in [0.15, 0.2) is 70.3 Å². The monoisotopic (exact) mass is 487 g/mol. The minimum absolute atomic E-state index is 0.0364. The van der Waals surface area contributed by atoms with E-state index < -0.39 is 5.91 Å². The largest absolute Gasteiger partial charge is 0.318 e. The van der Waals surface area contributed by atoms with Crippen molar-refractivity contribution in [2.24, 2.45) is 10.1 Å². The second kappa shape index (κ2) is 8.74. The molecule has 0 unspecified atom stereocenters. The molecule has 2 aliphatic heterocycles. The molecule has 1 aromatic heterocycles. The van der Waals surface area contributed by atoms with Gasteiger partial charge in [-0.15, -0.1) is 0 Å². The number of hydrogen-bond acceptors (Lipinski definition) is 4. The quantitative estimate of drug-likeness (QED) is 0.464. The third kappa shape index (κ3) is 3.91. The molecule has 3 heterocycles. The number of halogens is 1. The Morgan fingerprint density at radius 3 is 2.62 bits per heavy atom. The molecule has 0 atom stereocenters. The molecule has 0 bridgehead atoms. The lowest BCUT2D eigenvalue weighted by Gasteiger charge is -2.20. The van der Waals surface area contributed by atoms with Gasteiger partial charge in [-0.25, -0.2) is 0 Å². The number of hydrazone groups is 1. The normalized spacial score (nSPS) is 16.7. The van der Waals surface area contributed by atoms with Crippen LogP contribution in [0.1, 0.15) is 28.1 Å². The summed E-state index contributed by atoms with van der Waals surface area (Å²) < 4.78 is 2.11. The molecule has 170 valence electrons. The number of aromatic nitrogens is 1. The number of fused-ring (bicyclic) bond motifs is 1. The Hall–Kier alpha value is -3.42. The Kier molecular flexibility index (Phi) is 5.75. The number of aryl methyl sites for hydroxylation is 1. The summed E-state index contributed by atoms with van der Waals surface area (Å²) in [7, 11) is 0. The van der Waals surface area contributed by atoms with E-state index in [9.17, 15) is 4.79 Å². The van der Waals surface area contributed by atoms with Crippen LogP contribution in [0.2, 0.25) is 5.02 Å². The lowest BCUT2D eigenvalue weighted by atomic mass is 10.1. The van der Waals surface area contributed by atoms with Gasteiger partial charge in [0.2, 0.25) is 5.17 Å². The number of benzene rings is 2. The van der Waals surface area contributed by atoms with Gasteiger partial charge in [0.1, 0.15) is 5.04 Å². The average Bonchev–Trinajstić information content (AvgIpc) is 3.33. The molecule has 0 saturated carbocycles. The minimum atomic E-state index is -0.427. The van der Waals surface area contributed by atoms with E-state index in [4.69, 9.17) is 17.0 Å². The van der Waals surface area contributed by atoms with Crippen molar-refractivity contribution in [3.8, 4) is 5.69 Å². The maximum absolute atomic E-state index is 12.9. The summed E-state index contributed by atoms with van der Waals surface area (Å²) in [6, 6.07) is 17.8. The van der Waals surface area contributed by atoms with Gasteiger partial charge >= 0.3 is 0 Å². The van der Waals surface area contributed by atoms with Crippen molar-refractivity contribution in [1.82, 2.24) is 9.58 Å². The number of rotatable bonds is 4. The van der Waals surface area contributed by atoms with Crippen molar-refractivity contribution in [2.75, 3.05) is 0 Å². The highest BCUT2D eigenvalue weighted by molar-refractivity contribution is 8.26. The van der Waals surface area contributed by atoms with Crippen LogP contribution in [0.3, 0.4) is 0 Å². The van der Waals surface area contributed by atoms with E-state index in [1.54, 1.807) is 6.08 Å². The molecule has 34 heavy (non-hydrogen) atoms. The topological polar surface area (TPSA) is 73.8 Å². The van der Waals surface area contributed by atoms with Crippen LogP contribution in [-0.2, 0) is 11.2 Å². The SMILES string of the molecule is Cc1c(Cl)cccc1-n1c(C)cc(/C=C2\C(=N)N3N=C(Cc4ccccc4)SC3=NC2=O)c1C. The Balaban J connectivity index is 1.48. The summed E-state index contributed by atoms with van der Waals surface area (Å²) >= 11 is 7.69. The summed E-state index contributed by atoms with van der Waals surface area (Å²) in [6.45, 7) is 5.99. The van der Waals surface area contributed by atoms with Gasteiger partial charge in [-0.3, -0.25) is 10.2 Å². The zero-order chi connectivity index (χ0) is 24.0. The van der Waals surface area contributed by atoms with Crippen molar-refractivity contribution in [2.45, 2.75) is 27.2 Å². The third-order valence-electron chi connectivity index (χ3n) is 5.94. The number of thioether (sulfide) groups is 1. The number of nitrogens with zero attached hydrogens (tertiary/aromatic N) is 4. The van der Waals surface area contributed by atoms with Gasteiger partial charge in [0, 0.05) is 28.5 Å². The van der Waals surface area contributed by atoms with E-state index in [2.05, 4.69) is 14.7 Å². The Bertz CT molecular complexity index is 1430. The second-order valence-electron chi connectivity index (χ2n) is 8.22. The van der Waals surface area contributed by atoms with E-state index in [0.717, 1.165) is 38.8 Å². The van der Waals surface area contributed by atoms with Gasteiger partial charge in [0.15, 0.2) is 5.84 Å². The molecule has 0 radical (unpaired) electrons. The summed E-state index contributed by atoms with van der Waals surface area (Å²) in [5, 5.41) is 16.7. The molecule has 2 aliphatic rings. The molecule has 0 aliphatic carbocycles. The first kappa shape index (κ1) is 22.4. The average molecular weight is 488 g/mol. The lowest BCUT2D eigenvalue weighted by Crippen LogP contribution is -2.35. The van der Waals surface area contributed by atoms with Gasteiger partial charge in [0.05, 0.1) is 5.57 Å². The highest BCUT2D eigenvalue weighted by atomic mass is 35.5. The predicted molar refractivity (Wildman–Crippen MR) is 140 cm³/mol. The number of nitrogens with one attached hydrogen (secondary N) is 1. The Morgan fingerprint density at radius 1 is 1.09 bits per heavy atom. The summed E-state index contributed by atoms with van der Waals surface area (Å²) in [4.78, 5) is 17.1. The number of amides is 1. The molecular formula is C26H22ClN5OS. The van der Waals surface area contributed by atoms with E-state index in [0.29, 0.717) is 16.6 Å². The first-order valence-corrected chi connectivity index (χ1v) is 12.0. The highest BCUT2D eigenvalue weighted by Crippen LogP contribution is 2.32. The minimum Gasteiger partial charge on any atom is -0.318 e. The standard InChI is InChI=1S/C26H22ClN5OS/c1-15-12-19(17(3)31(15)22-11-7-10-21(27)16(22)2)14-20-24(28)32-26(29-25(20)33)34-23(30-32)13-18-8-5-4-6-9-18/h4-12,14,28H,13H2,1-3H3/b20-14+,28-24?. The predicted octanol–water partition coefficient (Wildman–Crippen LogP) is 5.92. The first-order valence-electron chi connectivity index (χ1n) is 10.8. The fourth-order valence-corrected chi connectivity index (χ4v) is 5.26. The molecule has 1 N–H and O–H groups in total. The van der Waals surface area contributed by atoms with Gasteiger partial charge in [-0.1, -0.05) is 48.0 Å². The number of aliphatic imine (C=N–C) groups is 1. The molecular weight excluding hydrogens is 466 g/mol. The van der Waals surface area contributed by atoms with Crippen molar-refractivity contribution in [3.63, 3.8) is 0 Å². The molecule has 3 aromatic rings. The Morgan fingerprint density at radius 2 is 1.85 bits per heavy atom. The summed E-state index contributed by atoms with van der Waals surface area (Å²) in [5.41, 5.74) is 6.12. The van der Waals surface area contributed by atoms with Crippen molar-refractivity contribution < 1.29 is 4.79 Å². The molecule has 6 nitrogen and oxygen atoms in total. The van der Waals surface area contributed by atoms with Crippen LogP contribution in [0.4, 0.5) is 0 Å². The Labute approximate surface area is 207 Å². The van der Waals surface area contributed by atoms with Crippen LogP contribution in [0.25, 0.3) is 11.8 Å². The molecule has 1 amide bonds. The first-order chi connectivity index (χ1) is 16.3. The maximum Gasteiger partial charge on any atom is 0.283 e. The fraction of sp³-hybridized carbons (Fsp3) is 0.154. The zero-order valence-corrected chi connectivity index (χ0v) is 20.5. The second-order valence-corrected chi connectivity index (χ2v) is 9.67. The fourth-order valence-electron chi connectivity index (χ4n) is 4.17. The van der Waals surface area contributed by atoms with Crippen LogP contribution < -0.4 is 0 Å². The van der Waals surface area contributed by atoms with Gasteiger partial charge in [-0.05, 0) is 73.5 Å².